The summed E-state index contributed by atoms with van der Waals surface area (Å²) in [6.07, 6.45) is 13.6. The van der Waals surface area contributed by atoms with Crippen molar-refractivity contribution in [3.63, 3.8) is 0 Å². The van der Waals surface area contributed by atoms with Gasteiger partial charge in [-0.05, 0) is 37.3 Å². The van der Waals surface area contributed by atoms with E-state index in [0.717, 1.165) is 24.1 Å². The van der Waals surface area contributed by atoms with Crippen LogP contribution in [0.4, 0.5) is 0 Å². The minimum absolute atomic E-state index is 0. The van der Waals surface area contributed by atoms with E-state index < -0.39 is 0 Å². The number of pyridine rings is 1. The van der Waals surface area contributed by atoms with Crippen molar-refractivity contribution in [3.05, 3.63) is 44.9 Å². The third-order valence-electron chi connectivity index (χ3n) is 5.15. The summed E-state index contributed by atoms with van der Waals surface area (Å²) in [6.45, 7) is 5.59. The first-order valence-electron chi connectivity index (χ1n) is 8.90. The van der Waals surface area contributed by atoms with E-state index in [0.29, 0.717) is 6.04 Å². The average Bonchev–Trinajstić information content (AvgIpc) is 3.20. The second-order valence-corrected chi connectivity index (χ2v) is 6.83. The van der Waals surface area contributed by atoms with Crippen LogP contribution >= 0.6 is 0 Å². The molecule has 1 heterocycles. The van der Waals surface area contributed by atoms with Gasteiger partial charge in [0.2, 0.25) is 0 Å². The van der Waals surface area contributed by atoms with Crippen LogP contribution in [0.1, 0.15) is 70.9 Å². The zero-order chi connectivity index (χ0) is 14.9. The first-order valence-corrected chi connectivity index (χ1v) is 8.90. The summed E-state index contributed by atoms with van der Waals surface area (Å²) >= 11 is 0. The van der Waals surface area contributed by atoms with E-state index in [2.05, 4.69) is 30.2 Å². The molecule has 2 unspecified atom stereocenters. The normalized spacial score (nSPS) is 22.9. The molecule has 0 aliphatic heterocycles. The molecule has 1 aromatic heterocycles. The molecule has 3 rings (SSSR count). The molecule has 2 aliphatic rings. The van der Waals surface area contributed by atoms with Crippen molar-refractivity contribution < 1.29 is 17.1 Å². The number of nitrogens with one attached hydrogen (secondary N) is 1. The summed E-state index contributed by atoms with van der Waals surface area (Å²) in [5, 5.41) is 3.61. The second-order valence-electron chi connectivity index (χ2n) is 6.83. The van der Waals surface area contributed by atoms with E-state index in [1.165, 1.54) is 51.4 Å². The fraction of sp³-hybridized carbons (Fsp3) is 0.667. The number of rotatable bonds is 4. The van der Waals surface area contributed by atoms with Crippen LogP contribution in [0.15, 0.2) is 24.4 Å². The molecule has 2 saturated carbocycles. The molecule has 0 amide bonds. The van der Waals surface area contributed by atoms with Crippen LogP contribution in [0.2, 0.25) is 0 Å². The van der Waals surface area contributed by atoms with Crippen molar-refractivity contribution in [1.82, 2.24) is 10.3 Å². The van der Waals surface area contributed by atoms with Crippen molar-refractivity contribution in [1.29, 1.82) is 0 Å². The van der Waals surface area contributed by atoms with Crippen LogP contribution in [0.25, 0.3) is 0 Å². The molecule has 1 N–H and O–H groups in total. The quantitative estimate of drug-likeness (QED) is 0.529. The van der Waals surface area contributed by atoms with Gasteiger partial charge in [-0.2, -0.15) is 0 Å². The third kappa shape index (κ3) is 9.20. The predicted molar refractivity (Wildman–Crippen MR) is 103 cm³/mol. The largest absolute Gasteiger partial charge is 2.00 e. The molecular formula is C21H38FeN2. The Morgan fingerprint density at radius 3 is 2.12 bits per heavy atom. The first kappa shape index (κ1) is 25.9. The van der Waals surface area contributed by atoms with Crippen molar-refractivity contribution in [2.75, 3.05) is 0 Å². The van der Waals surface area contributed by atoms with Gasteiger partial charge in [0.05, 0.1) is 5.69 Å². The van der Waals surface area contributed by atoms with Gasteiger partial charge in [0.15, 0.2) is 0 Å². The number of aromatic nitrogens is 1. The summed E-state index contributed by atoms with van der Waals surface area (Å²) in [7, 11) is 0. The molecule has 2 aliphatic carbocycles. The smallest absolute Gasteiger partial charge is 0.358 e. The van der Waals surface area contributed by atoms with E-state index in [9.17, 15) is 0 Å². The maximum atomic E-state index is 4.33. The first-order chi connectivity index (χ1) is 10.3. The van der Waals surface area contributed by atoms with E-state index in [4.69, 9.17) is 0 Å². The van der Waals surface area contributed by atoms with Crippen LogP contribution < -0.4 is 5.32 Å². The van der Waals surface area contributed by atoms with E-state index in [1.807, 2.05) is 18.3 Å². The Morgan fingerprint density at radius 1 is 1.04 bits per heavy atom. The Bertz CT molecular complexity index is 371. The number of hydrogen-bond acceptors (Lipinski definition) is 2. The topological polar surface area (TPSA) is 24.9 Å². The Labute approximate surface area is 162 Å². The summed E-state index contributed by atoms with van der Waals surface area (Å²) in [5.41, 5.74) is 1.14. The van der Waals surface area contributed by atoms with Crippen LogP contribution in [-0.4, -0.2) is 11.0 Å². The van der Waals surface area contributed by atoms with Gasteiger partial charge >= 0.3 is 17.1 Å². The average molecular weight is 374 g/mol. The molecule has 0 saturated heterocycles. The van der Waals surface area contributed by atoms with Gasteiger partial charge in [-0.1, -0.05) is 57.9 Å². The van der Waals surface area contributed by atoms with Crippen molar-refractivity contribution in [2.45, 2.75) is 77.8 Å². The monoisotopic (exact) mass is 374 g/mol. The van der Waals surface area contributed by atoms with Gasteiger partial charge in [-0.25, -0.2) is 0 Å². The molecule has 0 bridgehead atoms. The van der Waals surface area contributed by atoms with Crippen LogP contribution in [0, 0.1) is 26.7 Å². The van der Waals surface area contributed by atoms with Crippen molar-refractivity contribution in [3.8, 4) is 0 Å². The fourth-order valence-corrected chi connectivity index (χ4v) is 3.72. The molecule has 2 nitrogen and oxygen atoms in total. The Hall–Kier alpha value is -0.371. The van der Waals surface area contributed by atoms with Crippen molar-refractivity contribution in [2.24, 2.45) is 11.8 Å². The zero-order valence-electron chi connectivity index (χ0n) is 16.2. The fourth-order valence-electron chi connectivity index (χ4n) is 3.72. The maximum absolute atomic E-state index is 4.33. The van der Waals surface area contributed by atoms with Gasteiger partial charge in [-0.15, -0.1) is 0 Å². The SMILES string of the molecule is C1CCCC1.CC1CCCC1[C@H](C)NCc1ccccn1.[CH3-].[CH3-].[Fe+2]. The molecule has 1 aromatic rings. The van der Waals surface area contributed by atoms with E-state index >= 15 is 0 Å². The standard InChI is InChI=1S/C14H22N2.C5H10.2CH3.Fe/c1-11-6-5-8-14(11)12(2)16-10-13-7-3-4-9-15-13;1-2-4-5-3-1;;;/h3-4,7,9,11-12,14,16H,5-6,8,10H2,1-2H3;1-5H2;2*1H3;/q;;2*-1;+2/t11?,12-,14?;;;;/m0..../s1. The summed E-state index contributed by atoms with van der Waals surface area (Å²) in [6, 6.07) is 6.70. The summed E-state index contributed by atoms with van der Waals surface area (Å²) in [4.78, 5) is 4.33. The summed E-state index contributed by atoms with van der Waals surface area (Å²) in [5.74, 6) is 1.73. The van der Waals surface area contributed by atoms with Crippen molar-refractivity contribution >= 4 is 0 Å². The Morgan fingerprint density at radius 2 is 1.67 bits per heavy atom. The van der Waals surface area contributed by atoms with Crippen LogP contribution in [-0.2, 0) is 23.6 Å². The van der Waals surface area contributed by atoms with Gasteiger partial charge < -0.3 is 20.2 Å². The molecule has 140 valence electrons. The van der Waals surface area contributed by atoms with Gasteiger partial charge in [0.1, 0.15) is 0 Å². The van der Waals surface area contributed by atoms with Crippen LogP contribution in [0.5, 0.6) is 0 Å². The Kier molecular flexibility index (Phi) is 16.1. The minimum Gasteiger partial charge on any atom is -0.358 e. The number of hydrogen-bond donors (Lipinski definition) is 1. The molecule has 24 heavy (non-hydrogen) atoms. The molecule has 3 atom stereocenters. The van der Waals surface area contributed by atoms with Gasteiger partial charge in [0.25, 0.3) is 0 Å². The van der Waals surface area contributed by atoms with E-state index in [-0.39, 0.29) is 31.9 Å². The second kappa shape index (κ2) is 14.9. The molecular weight excluding hydrogens is 336 g/mol. The molecule has 0 spiro atoms. The number of nitrogens with zero attached hydrogens (tertiary/aromatic N) is 1. The van der Waals surface area contributed by atoms with Gasteiger partial charge in [0, 0.05) is 18.8 Å². The predicted octanol–water partition coefficient (Wildman–Crippen LogP) is 5.84. The zero-order valence-corrected chi connectivity index (χ0v) is 17.3. The third-order valence-corrected chi connectivity index (χ3v) is 5.15. The maximum Gasteiger partial charge on any atom is 2.00 e. The molecule has 2 fully saturated rings. The molecule has 3 heteroatoms. The minimum atomic E-state index is 0. The Balaban J connectivity index is 0. The van der Waals surface area contributed by atoms with Gasteiger partial charge in [-0.3, -0.25) is 4.98 Å². The van der Waals surface area contributed by atoms with Crippen LogP contribution in [0.3, 0.4) is 0 Å². The molecule has 0 radical (unpaired) electrons. The summed E-state index contributed by atoms with van der Waals surface area (Å²) < 4.78 is 0. The van der Waals surface area contributed by atoms with E-state index in [1.54, 1.807) is 0 Å². The molecule has 0 aromatic carbocycles.